The lowest BCUT2D eigenvalue weighted by Crippen LogP contribution is -2.39. The Kier molecular flexibility index (Phi) is 5.81. The van der Waals surface area contributed by atoms with Crippen LogP contribution in [0.25, 0.3) is 0 Å². The van der Waals surface area contributed by atoms with E-state index >= 15 is 0 Å². The van der Waals surface area contributed by atoms with Crippen LogP contribution in [-0.2, 0) is 10.0 Å². The molecule has 0 saturated heterocycles. The van der Waals surface area contributed by atoms with Gasteiger partial charge in [0.15, 0.2) is 0 Å². The van der Waals surface area contributed by atoms with Crippen LogP contribution in [0.5, 0.6) is 11.5 Å². The van der Waals surface area contributed by atoms with Crippen molar-refractivity contribution in [2.24, 2.45) is 5.73 Å². The summed E-state index contributed by atoms with van der Waals surface area (Å²) in [6.07, 6.45) is 0. The van der Waals surface area contributed by atoms with Crippen LogP contribution in [0.4, 0.5) is 0 Å². The summed E-state index contributed by atoms with van der Waals surface area (Å²) in [6, 6.07) is 2.68. The monoisotopic (exact) mass is 366 g/mol. The smallest absolute Gasteiger partial charge is 0.246 e. The molecule has 0 bridgehead atoms. The van der Waals surface area contributed by atoms with Crippen molar-refractivity contribution in [3.05, 3.63) is 16.6 Å². The third-order valence-electron chi connectivity index (χ3n) is 3.06. The predicted molar refractivity (Wildman–Crippen MR) is 80.7 cm³/mol. The van der Waals surface area contributed by atoms with Crippen LogP contribution in [0.2, 0.25) is 0 Å². The zero-order valence-corrected chi connectivity index (χ0v) is 14.3. The lowest BCUT2D eigenvalue weighted by molar-refractivity contribution is 0.373. The number of halogens is 1. The molecule has 0 aromatic heterocycles. The number of likely N-dealkylation sites (N-methyl/N-ethyl adjacent to an activating group) is 1. The van der Waals surface area contributed by atoms with Crippen LogP contribution in [0, 0.1) is 0 Å². The highest BCUT2D eigenvalue weighted by Crippen LogP contribution is 2.36. The normalized spacial score (nSPS) is 13.3. The molecule has 8 heteroatoms. The number of hydrogen-bond donors (Lipinski definition) is 1. The molecule has 1 aromatic carbocycles. The van der Waals surface area contributed by atoms with Crippen molar-refractivity contribution in [3.8, 4) is 11.5 Å². The quantitative estimate of drug-likeness (QED) is 0.823. The maximum Gasteiger partial charge on any atom is 0.246 e. The molecule has 2 N–H and O–H groups in total. The first-order valence-electron chi connectivity index (χ1n) is 5.89. The van der Waals surface area contributed by atoms with Gasteiger partial charge in [0.05, 0.1) is 18.7 Å². The first-order chi connectivity index (χ1) is 9.29. The summed E-state index contributed by atoms with van der Waals surface area (Å²) in [4.78, 5) is 0.0653. The molecule has 0 fully saturated rings. The number of methoxy groups -OCH3 is 2. The Morgan fingerprint density at radius 2 is 1.85 bits per heavy atom. The van der Waals surface area contributed by atoms with Gasteiger partial charge in [-0.3, -0.25) is 0 Å². The number of benzene rings is 1. The van der Waals surface area contributed by atoms with E-state index in [0.29, 0.717) is 10.2 Å². The molecule has 0 spiro atoms. The SMILES string of the molecule is COc1cc(OC)c(S(=O)(=O)N(C)C(C)CN)cc1Br. The fourth-order valence-electron chi connectivity index (χ4n) is 1.57. The number of ether oxygens (including phenoxy) is 2. The lowest BCUT2D eigenvalue weighted by atomic mass is 10.3. The van der Waals surface area contributed by atoms with Gasteiger partial charge in [-0.25, -0.2) is 8.42 Å². The fraction of sp³-hybridized carbons (Fsp3) is 0.500. The Morgan fingerprint density at radius 3 is 2.30 bits per heavy atom. The maximum atomic E-state index is 12.6. The van der Waals surface area contributed by atoms with Gasteiger partial charge in [-0.2, -0.15) is 4.31 Å². The second-order valence-corrected chi connectivity index (χ2v) is 7.06. The molecule has 0 aliphatic rings. The highest BCUT2D eigenvalue weighted by molar-refractivity contribution is 9.10. The molecule has 0 aliphatic carbocycles. The molecule has 1 rings (SSSR count). The van der Waals surface area contributed by atoms with E-state index in [0.717, 1.165) is 0 Å². The van der Waals surface area contributed by atoms with Gasteiger partial charge in [0, 0.05) is 25.7 Å². The Labute approximate surface area is 128 Å². The summed E-state index contributed by atoms with van der Waals surface area (Å²) in [5.41, 5.74) is 5.53. The van der Waals surface area contributed by atoms with E-state index < -0.39 is 10.0 Å². The van der Waals surface area contributed by atoms with E-state index in [1.165, 1.54) is 37.7 Å². The van der Waals surface area contributed by atoms with E-state index in [2.05, 4.69) is 15.9 Å². The van der Waals surface area contributed by atoms with Gasteiger partial charge in [-0.15, -0.1) is 0 Å². The van der Waals surface area contributed by atoms with Crippen molar-refractivity contribution in [1.82, 2.24) is 4.31 Å². The molecule has 0 radical (unpaired) electrons. The van der Waals surface area contributed by atoms with Crippen molar-refractivity contribution < 1.29 is 17.9 Å². The van der Waals surface area contributed by atoms with Crippen LogP contribution < -0.4 is 15.2 Å². The number of nitrogens with two attached hydrogens (primary N) is 1. The molecule has 1 unspecified atom stereocenters. The molecule has 1 aromatic rings. The third kappa shape index (κ3) is 3.25. The van der Waals surface area contributed by atoms with Crippen LogP contribution in [0.1, 0.15) is 6.92 Å². The number of nitrogens with zero attached hydrogens (tertiary/aromatic N) is 1. The second kappa shape index (κ2) is 6.75. The second-order valence-electron chi connectivity index (χ2n) is 4.24. The van der Waals surface area contributed by atoms with Crippen molar-refractivity contribution in [3.63, 3.8) is 0 Å². The lowest BCUT2D eigenvalue weighted by Gasteiger charge is -2.24. The zero-order chi connectivity index (χ0) is 15.5. The number of rotatable bonds is 6. The number of sulfonamides is 1. The predicted octanol–water partition coefficient (Wildman–Crippen LogP) is 1.43. The summed E-state index contributed by atoms with van der Waals surface area (Å²) in [6.45, 7) is 1.97. The summed E-state index contributed by atoms with van der Waals surface area (Å²) < 4.78 is 37.2. The molecular formula is C12H19BrN2O4S. The zero-order valence-electron chi connectivity index (χ0n) is 11.9. The Balaban J connectivity index is 3.41. The minimum absolute atomic E-state index is 0.0653. The maximum absolute atomic E-state index is 12.6. The summed E-state index contributed by atoms with van der Waals surface area (Å²) in [7, 11) is 0.700. The van der Waals surface area contributed by atoms with Crippen LogP contribution in [0.15, 0.2) is 21.5 Å². The topological polar surface area (TPSA) is 81.9 Å². The molecule has 0 heterocycles. The molecule has 0 amide bonds. The van der Waals surface area contributed by atoms with E-state index in [-0.39, 0.29) is 23.2 Å². The fourth-order valence-corrected chi connectivity index (χ4v) is 3.76. The highest BCUT2D eigenvalue weighted by atomic mass is 79.9. The Morgan fingerprint density at radius 1 is 1.30 bits per heavy atom. The first-order valence-corrected chi connectivity index (χ1v) is 8.12. The minimum Gasteiger partial charge on any atom is -0.495 e. The summed E-state index contributed by atoms with van der Waals surface area (Å²) >= 11 is 3.28. The van der Waals surface area contributed by atoms with E-state index in [1.807, 2.05) is 0 Å². The van der Waals surface area contributed by atoms with E-state index in [9.17, 15) is 8.42 Å². The Hall–Kier alpha value is -0.830. The van der Waals surface area contributed by atoms with Crippen molar-refractivity contribution in [2.45, 2.75) is 17.9 Å². The van der Waals surface area contributed by atoms with Gasteiger partial charge >= 0.3 is 0 Å². The van der Waals surface area contributed by atoms with Crippen molar-refractivity contribution >= 4 is 26.0 Å². The van der Waals surface area contributed by atoms with Gasteiger partial charge < -0.3 is 15.2 Å². The van der Waals surface area contributed by atoms with E-state index in [1.54, 1.807) is 6.92 Å². The van der Waals surface area contributed by atoms with Gasteiger partial charge in [0.2, 0.25) is 10.0 Å². The van der Waals surface area contributed by atoms with Crippen LogP contribution in [0.3, 0.4) is 0 Å². The van der Waals surface area contributed by atoms with Gasteiger partial charge in [-0.1, -0.05) is 0 Å². The molecule has 114 valence electrons. The first kappa shape index (κ1) is 17.2. The van der Waals surface area contributed by atoms with Crippen LogP contribution >= 0.6 is 15.9 Å². The molecular weight excluding hydrogens is 348 g/mol. The highest BCUT2D eigenvalue weighted by Gasteiger charge is 2.29. The minimum atomic E-state index is -3.70. The van der Waals surface area contributed by atoms with Crippen molar-refractivity contribution in [1.29, 1.82) is 0 Å². The molecule has 20 heavy (non-hydrogen) atoms. The standard InChI is InChI=1S/C12H19BrN2O4S/c1-8(7-14)15(2)20(16,17)12-5-9(13)10(18-3)6-11(12)19-4/h5-6,8H,7,14H2,1-4H3. The average molecular weight is 367 g/mol. The van der Waals surface area contributed by atoms with Gasteiger partial charge in [-0.05, 0) is 28.9 Å². The molecule has 0 saturated carbocycles. The van der Waals surface area contributed by atoms with Gasteiger partial charge in [0.25, 0.3) is 0 Å². The summed E-state index contributed by atoms with van der Waals surface area (Å²) in [5, 5.41) is 0. The Bertz CT molecular complexity index is 577. The van der Waals surface area contributed by atoms with Crippen molar-refractivity contribution in [2.75, 3.05) is 27.8 Å². The van der Waals surface area contributed by atoms with E-state index in [4.69, 9.17) is 15.2 Å². The van der Waals surface area contributed by atoms with Gasteiger partial charge in [0.1, 0.15) is 16.4 Å². The number of hydrogen-bond acceptors (Lipinski definition) is 5. The average Bonchev–Trinajstić information content (AvgIpc) is 2.45. The largest absolute Gasteiger partial charge is 0.495 e. The summed E-state index contributed by atoms with van der Waals surface area (Å²) in [5.74, 6) is 0.719. The molecule has 0 aliphatic heterocycles. The van der Waals surface area contributed by atoms with Crippen LogP contribution in [-0.4, -0.2) is 46.6 Å². The molecule has 6 nitrogen and oxygen atoms in total. The third-order valence-corrected chi connectivity index (χ3v) is 5.67. The molecule has 1 atom stereocenters.